The molecule has 2 aromatic rings. The van der Waals surface area contributed by atoms with Crippen LogP contribution in [0.25, 0.3) is 0 Å². The summed E-state index contributed by atoms with van der Waals surface area (Å²) < 4.78 is 0. The second-order valence-corrected chi connectivity index (χ2v) is 5.76. The van der Waals surface area contributed by atoms with Gasteiger partial charge >= 0.3 is 0 Å². The number of hydrogen-bond acceptors (Lipinski definition) is 5. The third kappa shape index (κ3) is 6.04. The molecule has 3 N–H and O–H groups in total. The van der Waals surface area contributed by atoms with Gasteiger partial charge in [-0.25, -0.2) is 4.98 Å². The van der Waals surface area contributed by atoms with Crippen LogP contribution in [0, 0.1) is 6.92 Å². The summed E-state index contributed by atoms with van der Waals surface area (Å²) in [4.78, 5) is 20.5. The highest BCUT2D eigenvalue weighted by Crippen LogP contribution is 2.10. The first-order chi connectivity index (χ1) is 11.6. The molecule has 0 bridgehead atoms. The molecule has 0 radical (unpaired) electrons. The lowest BCUT2D eigenvalue weighted by Gasteiger charge is -2.10. The smallest absolute Gasteiger partial charge is 0.224 e. The van der Waals surface area contributed by atoms with E-state index in [4.69, 9.17) is 11.6 Å². The SMILES string of the molecule is CCNc1nc(C)cc(NCCNC(=O)Cc2ccc(Cl)cc2)n1. The number of hydrogen-bond donors (Lipinski definition) is 3. The summed E-state index contributed by atoms with van der Waals surface area (Å²) in [5, 5.41) is 9.82. The van der Waals surface area contributed by atoms with Crippen LogP contribution >= 0.6 is 11.6 Å². The van der Waals surface area contributed by atoms with Crippen LogP contribution in [0.15, 0.2) is 30.3 Å². The van der Waals surface area contributed by atoms with E-state index < -0.39 is 0 Å². The van der Waals surface area contributed by atoms with Gasteiger partial charge in [0.05, 0.1) is 6.42 Å². The lowest BCUT2D eigenvalue weighted by molar-refractivity contribution is -0.120. The fourth-order valence-corrected chi connectivity index (χ4v) is 2.26. The van der Waals surface area contributed by atoms with Crippen LogP contribution in [0.3, 0.4) is 0 Å². The Hall–Kier alpha value is -2.34. The molecule has 6 nitrogen and oxygen atoms in total. The number of nitrogens with one attached hydrogen (secondary N) is 3. The third-order valence-corrected chi connectivity index (χ3v) is 3.47. The number of halogens is 1. The zero-order valence-electron chi connectivity index (χ0n) is 13.9. The number of nitrogens with zero attached hydrogens (tertiary/aromatic N) is 2. The topological polar surface area (TPSA) is 78.9 Å². The largest absolute Gasteiger partial charge is 0.368 e. The van der Waals surface area contributed by atoms with Gasteiger partial charge < -0.3 is 16.0 Å². The molecule has 1 aromatic carbocycles. The summed E-state index contributed by atoms with van der Waals surface area (Å²) in [5.41, 5.74) is 1.82. The van der Waals surface area contributed by atoms with E-state index in [0.717, 1.165) is 23.6 Å². The normalized spacial score (nSPS) is 10.3. The fourth-order valence-electron chi connectivity index (χ4n) is 2.14. The quantitative estimate of drug-likeness (QED) is 0.640. The Balaban J connectivity index is 1.74. The van der Waals surface area contributed by atoms with E-state index in [1.807, 2.05) is 32.0 Å². The van der Waals surface area contributed by atoms with Crippen LogP contribution in [0.2, 0.25) is 5.02 Å². The molecule has 128 valence electrons. The minimum atomic E-state index is -0.0219. The molecule has 0 aliphatic heterocycles. The van der Waals surface area contributed by atoms with Crippen LogP contribution in [0.1, 0.15) is 18.2 Å². The van der Waals surface area contributed by atoms with Crippen LogP contribution in [0.5, 0.6) is 0 Å². The number of aromatic nitrogens is 2. The summed E-state index contributed by atoms with van der Waals surface area (Å²) >= 11 is 5.83. The summed E-state index contributed by atoms with van der Waals surface area (Å²) in [6.45, 7) is 5.79. The number of benzene rings is 1. The number of aryl methyl sites for hydroxylation is 1. The molecular formula is C17H22ClN5O. The molecule has 1 aromatic heterocycles. The van der Waals surface area contributed by atoms with E-state index >= 15 is 0 Å². The standard InChI is InChI=1S/C17H22ClN5O/c1-3-19-17-22-12(2)10-15(23-17)20-8-9-21-16(24)11-13-4-6-14(18)7-5-13/h4-7,10H,3,8-9,11H2,1-2H3,(H,21,24)(H2,19,20,22,23). The van der Waals surface area contributed by atoms with Gasteiger partial charge in [0.25, 0.3) is 0 Å². The van der Waals surface area contributed by atoms with Crippen LogP contribution in [0.4, 0.5) is 11.8 Å². The van der Waals surface area contributed by atoms with Gasteiger partial charge in [-0.3, -0.25) is 4.79 Å². The fraction of sp³-hybridized carbons (Fsp3) is 0.353. The highest BCUT2D eigenvalue weighted by atomic mass is 35.5. The average molecular weight is 348 g/mol. The van der Waals surface area contributed by atoms with Crippen molar-refractivity contribution < 1.29 is 4.79 Å². The third-order valence-electron chi connectivity index (χ3n) is 3.22. The summed E-state index contributed by atoms with van der Waals surface area (Å²) in [6, 6.07) is 9.14. The number of carbonyl (C=O) groups is 1. The van der Waals surface area contributed by atoms with E-state index in [1.54, 1.807) is 12.1 Å². The van der Waals surface area contributed by atoms with Gasteiger partial charge in [-0.05, 0) is 31.5 Å². The molecule has 1 amide bonds. The Morgan fingerprint density at radius 1 is 1.12 bits per heavy atom. The molecular weight excluding hydrogens is 326 g/mol. The maximum atomic E-state index is 11.9. The summed E-state index contributed by atoms with van der Waals surface area (Å²) in [7, 11) is 0. The maximum absolute atomic E-state index is 11.9. The van der Waals surface area contributed by atoms with E-state index in [-0.39, 0.29) is 5.91 Å². The first-order valence-corrected chi connectivity index (χ1v) is 8.29. The molecule has 2 rings (SSSR count). The van der Waals surface area contributed by atoms with Gasteiger partial charge in [-0.2, -0.15) is 4.98 Å². The molecule has 0 atom stereocenters. The van der Waals surface area contributed by atoms with Gasteiger partial charge in [0, 0.05) is 36.4 Å². The highest BCUT2D eigenvalue weighted by molar-refractivity contribution is 6.30. The predicted octanol–water partition coefficient (Wildman–Crippen LogP) is 2.64. The molecule has 0 aliphatic rings. The molecule has 1 heterocycles. The van der Waals surface area contributed by atoms with Gasteiger partial charge in [0.1, 0.15) is 5.82 Å². The van der Waals surface area contributed by atoms with Crippen molar-refractivity contribution in [3.8, 4) is 0 Å². The second kappa shape index (κ2) is 9.08. The molecule has 0 fully saturated rings. The Bertz CT molecular complexity index is 675. The number of amides is 1. The van der Waals surface area contributed by atoms with Crippen molar-refractivity contribution in [2.24, 2.45) is 0 Å². The second-order valence-electron chi connectivity index (χ2n) is 5.33. The minimum absolute atomic E-state index is 0.0219. The van der Waals surface area contributed by atoms with E-state index in [0.29, 0.717) is 30.5 Å². The van der Waals surface area contributed by atoms with Gasteiger partial charge in [-0.15, -0.1) is 0 Å². The molecule has 24 heavy (non-hydrogen) atoms. The molecule has 0 spiro atoms. The Labute approximate surface area is 147 Å². The summed E-state index contributed by atoms with van der Waals surface area (Å²) in [6.07, 6.45) is 0.342. The first-order valence-electron chi connectivity index (χ1n) is 7.91. The van der Waals surface area contributed by atoms with Crippen LogP contribution in [-0.2, 0) is 11.2 Å². The average Bonchev–Trinajstić information content (AvgIpc) is 2.54. The minimum Gasteiger partial charge on any atom is -0.368 e. The molecule has 0 saturated carbocycles. The van der Waals surface area contributed by atoms with E-state index in [2.05, 4.69) is 25.9 Å². The van der Waals surface area contributed by atoms with Crippen molar-refractivity contribution in [3.63, 3.8) is 0 Å². The summed E-state index contributed by atoms with van der Waals surface area (Å²) in [5.74, 6) is 1.32. The van der Waals surface area contributed by atoms with Crippen molar-refractivity contribution in [1.82, 2.24) is 15.3 Å². The Kier molecular flexibility index (Phi) is 6.81. The lowest BCUT2D eigenvalue weighted by atomic mass is 10.1. The van der Waals surface area contributed by atoms with E-state index in [1.165, 1.54) is 0 Å². The van der Waals surface area contributed by atoms with Crippen molar-refractivity contribution in [3.05, 3.63) is 46.6 Å². The van der Waals surface area contributed by atoms with Crippen molar-refractivity contribution in [1.29, 1.82) is 0 Å². The zero-order valence-corrected chi connectivity index (χ0v) is 14.7. The van der Waals surface area contributed by atoms with Crippen LogP contribution < -0.4 is 16.0 Å². The zero-order chi connectivity index (χ0) is 17.4. The molecule has 7 heteroatoms. The van der Waals surface area contributed by atoms with Gasteiger partial charge in [-0.1, -0.05) is 23.7 Å². The molecule has 0 aliphatic carbocycles. The monoisotopic (exact) mass is 347 g/mol. The molecule has 0 unspecified atom stereocenters. The van der Waals surface area contributed by atoms with Crippen molar-refractivity contribution in [2.75, 3.05) is 30.3 Å². The van der Waals surface area contributed by atoms with Gasteiger partial charge in [0.15, 0.2) is 0 Å². The first kappa shape index (κ1) is 18.0. The Morgan fingerprint density at radius 3 is 2.58 bits per heavy atom. The van der Waals surface area contributed by atoms with Crippen molar-refractivity contribution in [2.45, 2.75) is 20.3 Å². The number of carbonyl (C=O) groups excluding carboxylic acids is 1. The Morgan fingerprint density at radius 2 is 1.88 bits per heavy atom. The molecule has 0 saturated heterocycles. The number of anilines is 2. The van der Waals surface area contributed by atoms with Crippen LogP contribution in [-0.4, -0.2) is 35.5 Å². The number of rotatable bonds is 8. The van der Waals surface area contributed by atoms with Crippen molar-refractivity contribution >= 4 is 29.3 Å². The van der Waals surface area contributed by atoms with E-state index in [9.17, 15) is 4.79 Å². The highest BCUT2D eigenvalue weighted by Gasteiger charge is 2.04. The van der Waals surface area contributed by atoms with Gasteiger partial charge in [0.2, 0.25) is 11.9 Å². The predicted molar refractivity (Wildman–Crippen MR) is 97.6 cm³/mol. The maximum Gasteiger partial charge on any atom is 0.224 e. The lowest BCUT2D eigenvalue weighted by Crippen LogP contribution is -2.30.